The summed E-state index contributed by atoms with van der Waals surface area (Å²) < 4.78 is 7.40. The molecule has 2 aromatic rings. The fourth-order valence-electron chi connectivity index (χ4n) is 2.87. The molecule has 0 atom stereocenters. The van der Waals surface area contributed by atoms with Crippen molar-refractivity contribution in [3.8, 4) is 11.3 Å². The number of carboxylic acids is 1. The number of hydrogen-bond acceptors (Lipinski definition) is 5. The molecular weight excluding hydrogens is 467 g/mol. The number of rotatable bonds is 7. The highest BCUT2D eigenvalue weighted by atomic mass is 35.5. The number of aliphatic carboxylic acids is 1. The van der Waals surface area contributed by atoms with Crippen LogP contribution in [0.3, 0.4) is 0 Å². The predicted octanol–water partition coefficient (Wildman–Crippen LogP) is 5.66. The molecule has 0 aliphatic heterocycles. The van der Waals surface area contributed by atoms with E-state index in [1.54, 1.807) is 11.0 Å². The maximum Gasteiger partial charge on any atom is 0.410 e. The average molecular weight is 501 g/mol. The van der Waals surface area contributed by atoms with E-state index in [1.165, 1.54) is 0 Å². The van der Waals surface area contributed by atoms with Gasteiger partial charge in [-0.1, -0.05) is 35.3 Å². The Kier molecular flexibility index (Phi) is 11.0. The van der Waals surface area contributed by atoms with Crippen molar-refractivity contribution < 1.29 is 19.4 Å². The Balaban J connectivity index is 0.00000125. The monoisotopic (exact) mass is 500 g/mol. The minimum Gasteiger partial charge on any atom is -0.481 e. The molecule has 184 valence electrons. The van der Waals surface area contributed by atoms with Crippen LogP contribution in [0.1, 0.15) is 41.5 Å². The summed E-state index contributed by atoms with van der Waals surface area (Å²) in [7, 11) is 1.98. The highest BCUT2D eigenvalue weighted by Crippen LogP contribution is 2.34. The maximum absolute atomic E-state index is 12.4. The van der Waals surface area contributed by atoms with Gasteiger partial charge in [-0.25, -0.2) is 9.48 Å². The SMILES string of the molecule is CC(=O)O.CCN(CCN(C)c1cc(-c2cccc(Cl)c2Cl)nn1CC)C(=O)OC(C)(C)C. The van der Waals surface area contributed by atoms with Crippen LogP contribution in [0.5, 0.6) is 0 Å². The molecule has 0 radical (unpaired) electrons. The van der Waals surface area contributed by atoms with E-state index in [1.807, 2.05) is 64.5 Å². The Hall–Kier alpha value is -2.45. The van der Waals surface area contributed by atoms with Crippen LogP contribution in [0.25, 0.3) is 11.3 Å². The number of likely N-dealkylation sites (N-methyl/N-ethyl adjacent to an activating group) is 2. The number of benzene rings is 1. The van der Waals surface area contributed by atoms with Gasteiger partial charge in [-0.3, -0.25) is 4.79 Å². The summed E-state index contributed by atoms with van der Waals surface area (Å²) in [6, 6.07) is 7.51. The highest BCUT2D eigenvalue weighted by molar-refractivity contribution is 6.43. The molecule has 1 aromatic heterocycles. The summed E-state index contributed by atoms with van der Waals surface area (Å²) in [4.78, 5) is 25.1. The van der Waals surface area contributed by atoms with Gasteiger partial charge < -0.3 is 19.6 Å². The molecule has 0 saturated heterocycles. The van der Waals surface area contributed by atoms with Gasteiger partial charge in [-0.05, 0) is 40.7 Å². The van der Waals surface area contributed by atoms with Crippen molar-refractivity contribution in [3.05, 3.63) is 34.3 Å². The van der Waals surface area contributed by atoms with E-state index < -0.39 is 11.6 Å². The first-order valence-corrected chi connectivity index (χ1v) is 11.5. The van der Waals surface area contributed by atoms with Crippen molar-refractivity contribution in [2.24, 2.45) is 0 Å². The second kappa shape index (κ2) is 12.7. The molecule has 0 unspecified atom stereocenters. The molecule has 0 bridgehead atoms. The fourth-order valence-corrected chi connectivity index (χ4v) is 3.27. The van der Waals surface area contributed by atoms with Crippen LogP contribution < -0.4 is 4.90 Å². The van der Waals surface area contributed by atoms with E-state index in [2.05, 4.69) is 10.00 Å². The first-order chi connectivity index (χ1) is 15.3. The maximum atomic E-state index is 12.4. The molecule has 1 aromatic carbocycles. The van der Waals surface area contributed by atoms with Gasteiger partial charge in [0, 0.05) is 51.8 Å². The summed E-state index contributed by atoms with van der Waals surface area (Å²) in [5.41, 5.74) is 1.05. The molecule has 0 aliphatic rings. The van der Waals surface area contributed by atoms with Crippen LogP contribution in [0.15, 0.2) is 24.3 Å². The predicted molar refractivity (Wildman–Crippen MR) is 133 cm³/mol. The van der Waals surface area contributed by atoms with Gasteiger partial charge in [-0.15, -0.1) is 0 Å². The summed E-state index contributed by atoms with van der Waals surface area (Å²) in [6.45, 7) is 13.1. The van der Waals surface area contributed by atoms with E-state index in [9.17, 15) is 4.79 Å². The molecule has 10 heteroatoms. The highest BCUT2D eigenvalue weighted by Gasteiger charge is 2.22. The smallest absolute Gasteiger partial charge is 0.410 e. The van der Waals surface area contributed by atoms with Crippen molar-refractivity contribution in [1.29, 1.82) is 0 Å². The van der Waals surface area contributed by atoms with Gasteiger partial charge in [-0.2, -0.15) is 5.10 Å². The number of ether oxygens (including phenoxy) is 1. The van der Waals surface area contributed by atoms with E-state index >= 15 is 0 Å². The van der Waals surface area contributed by atoms with E-state index in [-0.39, 0.29) is 6.09 Å². The van der Waals surface area contributed by atoms with E-state index in [0.29, 0.717) is 36.2 Å². The Morgan fingerprint density at radius 1 is 1.18 bits per heavy atom. The number of anilines is 1. The Morgan fingerprint density at radius 2 is 1.79 bits per heavy atom. The average Bonchev–Trinajstić information content (AvgIpc) is 3.13. The lowest BCUT2D eigenvalue weighted by Gasteiger charge is -2.28. The second-order valence-corrected chi connectivity index (χ2v) is 9.09. The fraction of sp³-hybridized carbons (Fsp3) is 0.522. The molecule has 2 rings (SSSR count). The van der Waals surface area contributed by atoms with Gasteiger partial charge in [0.15, 0.2) is 0 Å². The zero-order valence-corrected chi connectivity index (χ0v) is 21.9. The quantitative estimate of drug-likeness (QED) is 0.527. The van der Waals surface area contributed by atoms with Crippen LogP contribution in [0.4, 0.5) is 10.6 Å². The minimum atomic E-state index is -0.833. The molecular formula is C23H34Cl2N4O4. The van der Waals surface area contributed by atoms with Gasteiger partial charge >= 0.3 is 6.09 Å². The molecule has 0 fully saturated rings. The third kappa shape index (κ3) is 9.14. The van der Waals surface area contributed by atoms with Crippen molar-refractivity contribution in [3.63, 3.8) is 0 Å². The van der Waals surface area contributed by atoms with Crippen LogP contribution in [-0.4, -0.2) is 64.1 Å². The number of amides is 1. The summed E-state index contributed by atoms with van der Waals surface area (Å²) in [5.74, 6) is 0.110. The number of aryl methyl sites for hydroxylation is 1. The number of aromatic nitrogens is 2. The number of hydrogen-bond donors (Lipinski definition) is 1. The molecule has 0 spiro atoms. The van der Waals surface area contributed by atoms with Crippen LogP contribution in [-0.2, 0) is 16.1 Å². The molecule has 8 nitrogen and oxygen atoms in total. The van der Waals surface area contributed by atoms with Crippen LogP contribution in [0.2, 0.25) is 10.0 Å². The van der Waals surface area contributed by atoms with Gasteiger partial charge in [0.1, 0.15) is 11.4 Å². The number of carbonyl (C=O) groups excluding carboxylic acids is 1. The Labute approximate surface area is 206 Å². The van der Waals surface area contributed by atoms with Gasteiger partial charge in [0.2, 0.25) is 0 Å². The standard InChI is InChI=1S/C21H30Cl2N4O2.C2H4O2/c1-7-26(20(28)29-21(3,4)5)13-12-25(6)18-14-17(24-27(18)8-2)15-10-9-11-16(22)19(15)23;1-2(3)4/h9-11,14H,7-8,12-13H2,1-6H3;1H3,(H,3,4). The van der Waals surface area contributed by atoms with E-state index in [4.69, 9.17) is 37.8 Å². The lowest BCUT2D eigenvalue weighted by Crippen LogP contribution is -2.41. The van der Waals surface area contributed by atoms with Crippen LogP contribution >= 0.6 is 23.2 Å². The number of nitrogens with zero attached hydrogens (tertiary/aromatic N) is 4. The van der Waals surface area contributed by atoms with Crippen molar-refractivity contribution >= 4 is 41.1 Å². The largest absolute Gasteiger partial charge is 0.481 e. The molecule has 0 saturated carbocycles. The summed E-state index contributed by atoms with van der Waals surface area (Å²) >= 11 is 12.5. The lowest BCUT2D eigenvalue weighted by molar-refractivity contribution is -0.134. The lowest BCUT2D eigenvalue weighted by atomic mass is 10.1. The van der Waals surface area contributed by atoms with E-state index in [0.717, 1.165) is 24.0 Å². The Bertz CT molecular complexity index is 937. The summed E-state index contributed by atoms with van der Waals surface area (Å²) in [6.07, 6.45) is -0.302. The first-order valence-electron chi connectivity index (χ1n) is 10.7. The zero-order valence-electron chi connectivity index (χ0n) is 20.4. The second-order valence-electron chi connectivity index (χ2n) is 8.31. The zero-order chi connectivity index (χ0) is 25.3. The summed E-state index contributed by atoms with van der Waals surface area (Å²) in [5, 5.41) is 13.1. The molecule has 1 heterocycles. The minimum absolute atomic E-state index is 0.302. The molecule has 1 N–H and O–H groups in total. The number of carbonyl (C=O) groups is 2. The molecule has 0 aliphatic carbocycles. The number of halogens is 2. The Morgan fingerprint density at radius 3 is 2.30 bits per heavy atom. The van der Waals surface area contributed by atoms with Gasteiger partial charge in [0.05, 0.1) is 15.7 Å². The van der Waals surface area contributed by atoms with Crippen molar-refractivity contribution in [1.82, 2.24) is 14.7 Å². The van der Waals surface area contributed by atoms with Crippen molar-refractivity contribution in [2.45, 2.75) is 53.7 Å². The van der Waals surface area contributed by atoms with Crippen molar-refractivity contribution in [2.75, 3.05) is 31.6 Å². The molecule has 33 heavy (non-hydrogen) atoms. The molecule has 1 amide bonds. The number of carboxylic acid groups (broad SMARTS) is 1. The third-order valence-electron chi connectivity index (χ3n) is 4.42. The topological polar surface area (TPSA) is 87.9 Å². The first kappa shape index (κ1) is 28.6. The van der Waals surface area contributed by atoms with Crippen LogP contribution in [0, 0.1) is 0 Å². The van der Waals surface area contributed by atoms with Gasteiger partial charge in [0.25, 0.3) is 5.97 Å². The normalized spacial score (nSPS) is 10.8. The third-order valence-corrected chi connectivity index (χ3v) is 5.23.